The van der Waals surface area contributed by atoms with Crippen LogP contribution < -0.4 is 5.32 Å². The lowest BCUT2D eigenvalue weighted by Gasteiger charge is -2.10. The van der Waals surface area contributed by atoms with E-state index in [1.807, 2.05) is 12.1 Å². The van der Waals surface area contributed by atoms with E-state index in [9.17, 15) is 0 Å². The molecule has 0 aromatic carbocycles. The Labute approximate surface area is 93.0 Å². The van der Waals surface area contributed by atoms with Crippen molar-refractivity contribution in [3.63, 3.8) is 0 Å². The summed E-state index contributed by atoms with van der Waals surface area (Å²) in [5, 5.41) is 3.27. The number of hydrogen-bond acceptors (Lipinski definition) is 5. The largest absolute Gasteiger partial charge is 0.369 e. The van der Waals surface area contributed by atoms with Crippen molar-refractivity contribution in [2.24, 2.45) is 0 Å². The Kier molecular flexibility index (Phi) is 3.13. The molecule has 1 radical (unpaired) electrons. The highest BCUT2D eigenvalue weighted by Crippen LogP contribution is 2.16. The number of fused-ring (bicyclic) bond motifs is 1. The fourth-order valence-electron chi connectivity index (χ4n) is 1.21. The molecule has 2 aromatic heterocycles. The van der Waals surface area contributed by atoms with Gasteiger partial charge in [0.2, 0.25) is 0 Å². The number of hydrogen-bond donors (Lipinski definition) is 1. The first-order valence-corrected chi connectivity index (χ1v) is 5.59. The van der Waals surface area contributed by atoms with Crippen LogP contribution in [0.25, 0.3) is 10.3 Å². The monoisotopic (exact) mass is 221 g/mol. The van der Waals surface area contributed by atoms with Crippen molar-refractivity contribution in [1.29, 1.82) is 0 Å². The van der Waals surface area contributed by atoms with E-state index in [-0.39, 0.29) is 0 Å². The number of nitrogens with zero attached hydrogens (tertiary/aromatic N) is 3. The Balaban J connectivity index is 2.02. The fraction of sp³-hybridized carbons (Fsp3) is 0.400. The second kappa shape index (κ2) is 4.55. The Morgan fingerprint density at radius 2 is 2.33 bits per heavy atom. The predicted molar refractivity (Wildman–Crippen MR) is 63.3 cm³/mol. The van der Waals surface area contributed by atoms with Crippen LogP contribution in [0.2, 0.25) is 0 Å². The first kappa shape index (κ1) is 10.3. The number of nitrogens with one attached hydrogen (secondary N) is 1. The lowest BCUT2D eigenvalue weighted by atomic mass is 10.4. The van der Waals surface area contributed by atoms with Crippen LogP contribution in [0.5, 0.6) is 0 Å². The number of rotatable bonds is 4. The molecular formula is C10H13N4S. The van der Waals surface area contributed by atoms with Gasteiger partial charge in [-0.15, -0.1) is 0 Å². The molecule has 0 fully saturated rings. The fourth-order valence-corrected chi connectivity index (χ4v) is 1.81. The summed E-state index contributed by atoms with van der Waals surface area (Å²) in [6, 6.07) is 3.92. The molecule has 0 aliphatic carbocycles. The van der Waals surface area contributed by atoms with Gasteiger partial charge in [-0.25, -0.2) is 9.97 Å². The Morgan fingerprint density at radius 1 is 1.47 bits per heavy atom. The van der Waals surface area contributed by atoms with Gasteiger partial charge in [0.1, 0.15) is 16.2 Å². The first-order chi connectivity index (χ1) is 7.25. The summed E-state index contributed by atoms with van der Waals surface area (Å²) < 4.78 is 0. The summed E-state index contributed by atoms with van der Waals surface area (Å²) >= 11 is 1.44. The van der Waals surface area contributed by atoms with Gasteiger partial charge in [0.15, 0.2) is 5.51 Å². The molecule has 0 aliphatic rings. The second-order valence-electron chi connectivity index (χ2n) is 3.56. The summed E-state index contributed by atoms with van der Waals surface area (Å²) in [6.07, 6.45) is 0. The minimum Gasteiger partial charge on any atom is -0.369 e. The molecule has 2 rings (SSSR count). The highest BCUT2D eigenvalue weighted by atomic mass is 32.1. The maximum absolute atomic E-state index is 4.43. The van der Waals surface area contributed by atoms with Crippen LogP contribution in [0.4, 0.5) is 5.82 Å². The lowest BCUT2D eigenvalue weighted by Crippen LogP contribution is -2.21. The third-order valence-electron chi connectivity index (χ3n) is 2.01. The lowest BCUT2D eigenvalue weighted by molar-refractivity contribution is 0.425. The first-order valence-electron chi connectivity index (χ1n) is 4.78. The average molecular weight is 221 g/mol. The highest BCUT2D eigenvalue weighted by molar-refractivity contribution is 7.15. The zero-order chi connectivity index (χ0) is 10.7. The molecule has 0 saturated heterocycles. The predicted octanol–water partition coefficient (Wildman–Crippen LogP) is 1.46. The second-order valence-corrected chi connectivity index (χ2v) is 4.33. The average Bonchev–Trinajstić information content (AvgIpc) is 2.64. The molecule has 0 spiro atoms. The normalized spacial score (nSPS) is 11.1. The van der Waals surface area contributed by atoms with Crippen LogP contribution >= 0.6 is 11.3 Å². The Morgan fingerprint density at radius 3 is 3.13 bits per heavy atom. The quantitative estimate of drug-likeness (QED) is 0.848. The Hall–Kier alpha value is -1.20. The van der Waals surface area contributed by atoms with Crippen molar-refractivity contribution in [3.05, 3.63) is 17.6 Å². The smallest absolute Gasteiger partial charge is 0.155 e. The number of thiazole rings is 1. The van der Waals surface area contributed by atoms with Gasteiger partial charge in [0.25, 0.3) is 0 Å². The van der Waals surface area contributed by atoms with Gasteiger partial charge in [-0.1, -0.05) is 11.3 Å². The van der Waals surface area contributed by atoms with Crippen molar-refractivity contribution in [2.45, 2.75) is 0 Å². The van der Waals surface area contributed by atoms with E-state index in [1.165, 1.54) is 11.3 Å². The maximum Gasteiger partial charge on any atom is 0.155 e. The molecule has 15 heavy (non-hydrogen) atoms. The zero-order valence-electron chi connectivity index (χ0n) is 8.82. The molecule has 2 aromatic rings. The van der Waals surface area contributed by atoms with Crippen LogP contribution in [0, 0.1) is 5.51 Å². The van der Waals surface area contributed by atoms with E-state index >= 15 is 0 Å². The van der Waals surface area contributed by atoms with E-state index < -0.39 is 0 Å². The SMILES string of the molecule is CN(C)CCNc1ccc2n[c]sc2n1. The van der Waals surface area contributed by atoms with Crippen molar-refractivity contribution < 1.29 is 0 Å². The van der Waals surface area contributed by atoms with Crippen LogP contribution in [-0.4, -0.2) is 42.1 Å². The van der Waals surface area contributed by atoms with Gasteiger partial charge in [-0.3, -0.25) is 0 Å². The summed E-state index contributed by atoms with van der Waals surface area (Å²) in [5.41, 5.74) is 3.75. The molecule has 0 unspecified atom stereocenters. The topological polar surface area (TPSA) is 41.0 Å². The molecule has 5 heteroatoms. The molecule has 0 bridgehead atoms. The maximum atomic E-state index is 4.43. The van der Waals surface area contributed by atoms with Gasteiger partial charge >= 0.3 is 0 Å². The van der Waals surface area contributed by atoms with E-state index in [1.54, 1.807) is 0 Å². The number of likely N-dealkylation sites (N-methyl/N-ethyl adjacent to an activating group) is 1. The van der Waals surface area contributed by atoms with Gasteiger partial charge in [0.05, 0.1) is 0 Å². The van der Waals surface area contributed by atoms with E-state index in [0.717, 1.165) is 29.3 Å². The van der Waals surface area contributed by atoms with E-state index in [0.29, 0.717) is 0 Å². The third kappa shape index (κ3) is 2.64. The van der Waals surface area contributed by atoms with Gasteiger partial charge in [-0.05, 0) is 26.2 Å². The van der Waals surface area contributed by atoms with Crippen molar-refractivity contribution >= 4 is 27.5 Å². The molecule has 0 atom stereocenters. The van der Waals surface area contributed by atoms with Gasteiger partial charge < -0.3 is 10.2 Å². The number of aromatic nitrogens is 2. The van der Waals surface area contributed by atoms with Crippen LogP contribution in [-0.2, 0) is 0 Å². The molecule has 2 heterocycles. The molecule has 0 aliphatic heterocycles. The molecule has 1 N–H and O–H groups in total. The summed E-state index contributed by atoms with van der Waals surface area (Å²) in [5.74, 6) is 0.905. The summed E-state index contributed by atoms with van der Waals surface area (Å²) in [4.78, 5) is 11.6. The molecule has 0 amide bonds. The number of pyridine rings is 1. The van der Waals surface area contributed by atoms with Crippen molar-refractivity contribution in [2.75, 3.05) is 32.5 Å². The minimum atomic E-state index is 0.897. The van der Waals surface area contributed by atoms with Crippen molar-refractivity contribution in [3.8, 4) is 0 Å². The number of anilines is 1. The summed E-state index contributed by atoms with van der Waals surface area (Å²) in [6.45, 7) is 1.89. The zero-order valence-corrected chi connectivity index (χ0v) is 9.64. The van der Waals surface area contributed by atoms with Crippen LogP contribution in [0.3, 0.4) is 0 Å². The molecule has 79 valence electrons. The molecule has 0 saturated carbocycles. The standard InChI is InChI=1S/C10H13N4S/c1-14(2)6-5-11-9-4-3-8-10(13-9)15-7-12-8/h3-4H,5-6H2,1-2H3,(H,11,13). The van der Waals surface area contributed by atoms with Gasteiger partial charge in [-0.2, -0.15) is 0 Å². The molecule has 4 nitrogen and oxygen atoms in total. The summed E-state index contributed by atoms with van der Waals surface area (Å²) in [7, 11) is 4.10. The minimum absolute atomic E-state index is 0.897. The van der Waals surface area contributed by atoms with Crippen LogP contribution in [0.1, 0.15) is 0 Å². The van der Waals surface area contributed by atoms with Crippen LogP contribution in [0.15, 0.2) is 12.1 Å². The van der Waals surface area contributed by atoms with Crippen molar-refractivity contribution in [1.82, 2.24) is 14.9 Å². The van der Waals surface area contributed by atoms with Gasteiger partial charge in [0, 0.05) is 13.1 Å². The Bertz CT molecular complexity index is 438. The highest BCUT2D eigenvalue weighted by Gasteiger charge is 2.00. The van der Waals surface area contributed by atoms with E-state index in [4.69, 9.17) is 0 Å². The van der Waals surface area contributed by atoms with E-state index in [2.05, 4.69) is 39.8 Å². The third-order valence-corrected chi connectivity index (χ3v) is 2.69. The molecular weight excluding hydrogens is 208 g/mol.